The number of nitrogens with two attached hydrogens (primary N) is 2. The molecule has 2 heterocycles. The Hall–Kier alpha value is -2.62. The van der Waals surface area contributed by atoms with Crippen LogP contribution in [0.15, 0.2) is 30.3 Å². The van der Waals surface area contributed by atoms with Crippen LogP contribution < -0.4 is 21.5 Å². The molecule has 27 heavy (non-hydrogen) atoms. The van der Waals surface area contributed by atoms with E-state index in [0.717, 1.165) is 42.9 Å². The fourth-order valence-electron chi connectivity index (χ4n) is 3.01. The molecular weight excluding hydrogens is 368 g/mol. The van der Waals surface area contributed by atoms with Gasteiger partial charge in [0.05, 0.1) is 6.10 Å². The summed E-state index contributed by atoms with van der Waals surface area (Å²) < 4.78 is 4.93. The fourth-order valence-corrected chi connectivity index (χ4v) is 4.00. The third-order valence-electron chi connectivity index (χ3n) is 4.35. The van der Waals surface area contributed by atoms with Crippen LogP contribution >= 0.6 is 11.3 Å². The van der Waals surface area contributed by atoms with Crippen molar-refractivity contribution in [3.63, 3.8) is 0 Å². The number of nitrogens with zero attached hydrogens (tertiary/aromatic N) is 1. The van der Waals surface area contributed by atoms with Crippen LogP contribution in [0.2, 0.25) is 0 Å². The van der Waals surface area contributed by atoms with Crippen molar-refractivity contribution in [2.45, 2.75) is 25.5 Å². The van der Waals surface area contributed by atoms with Gasteiger partial charge in [0.1, 0.15) is 5.00 Å². The highest BCUT2D eigenvalue weighted by molar-refractivity contribution is 7.20. The summed E-state index contributed by atoms with van der Waals surface area (Å²) in [7, 11) is 0. The summed E-state index contributed by atoms with van der Waals surface area (Å²) in [6.45, 7) is 2.62. The summed E-state index contributed by atoms with van der Waals surface area (Å²) in [5, 5.41) is 12.4. The Morgan fingerprint density at radius 3 is 2.48 bits per heavy atom. The van der Waals surface area contributed by atoms with Gasteiger partial charge in [-0.15, -0.1) is 11.3 Å². The van der Waals surface area contributed by atoms with E-state index >= 15 is 0 Å². The second-order valence-electron chi connectivity index (χ2n) is 6.42. The number of ether oxygens (including phenoxy) is 1. The van der Waals surface area contributed by atoms with E-state index in [2.05, 4.69) is 10.2 Å². The molecule has 0 saturated carbocycles. The second-order valence-corrected chi connectivity index (χ2v) is 7.47. The molecule has 3 rings (SSSR count). The molecule has 1 aliphatic heterocycles. The normalized spacial score (nSPS) is 15.4. The number of likely N-dealkylation sites (tertiary alicyclic amines) is 1. The molecule has 0 atom stereocenters. The lowest BCUT2D eigenvalue weighted by atomic mass is 10.1. The quantitative estimate of drug-likeness (QED) is 0.622. The number of thiophene rings is 1. The number of aliphatic hydroxyl groups is 1. The van der Waals surface area contributed by atoms with Crippen LogP contribution in [0.5, 0.6) is 5.75 Å². The zero-order valence-electron chi connectivity index (χ0n) is 14.7. The lowest BCUT2D eigenvalue weighted by molar-refractivity contribution is 0.0792. The Bertz CT molecular complexity index is 780. The first-order chi connectivity index (χ1) is 12.9. The maximum Gasteiger partial charge on any atom is 0.410 e. The van der Waals surface area contributed by atoms with Crippen molar-refractivity contribution >= 4 is 28.5 Å². The summed E-state index contributed by atoms with van der Waals surface area (Å²) in [5.74, 6) is 0.164. The average Bonchev–Trinajstić information content (AvgIpc) is 2.99. The van der Waals surface area contributed by atoms with Gasteiger partial charge < -0.3 is 21.3 Å². The Morgan fingerprint density at radius 1 is 1.22 bits per heavy atom. The molecule has 1 aromatic heterocycles. The lowest BCUT2D eigenvalue weighted by Gasteiger charge is -2.29. The number of piperidine rings is 1. The van der Waals surface area contributed by atoms with Crippen LogP contribution in [0.3, 0.4) is 0 Å². The lowest BCUT2D eigenvalue weighted by Crippen LogP contribution is -2.35. The topological polar surface area (TPSA) is 131 Å². The summed E-state index contributed by atoms with van der Waals surface area (Å²) in [4.78, 5) is 25.3. The Morgan fingerprint density at radius 2 is 1.89 bits per heavy atom. The SMILES string of the molecule is NC(=O)Nc1sc(-c2ccc(CN3CCC(O)CC3)cc2)cc1OC(N)=O. The van der Waals surface area contributed by atoms with Crippen LogP contribution in [-0.4, -0.2) is 41.3 Å². The highest BCUT2D eigenvalue weighted by Crippen LogP contribution is 2.40. The number of nitrogens with one attached hydrogen (secondary N) is 1. The van der Waals surface area contributed by atoms with Gasteiger partial charge in [-0.2, -0.15) is 0 Å². The zero-order chi connectivity index (χ0) is 19.4. The number of primary amides is 2. The Labute approximate surface area is 160 Å². The highest BCUT2D eigenvalue weighted by Gasteiger charge is 2.18. The van der Waals surface area contributed by atoms with E-state index in [9.17, 15) is 14.7 Å². The first-order valence-electron chi connectivity index (χ1n) is 8.58. The first kappa shape index (κ1) is 19.2. The minimum Gasteiger partial charge on any atom is -0.407 e. The van der Waals surface area contributed by atoms with E-state index in [1.54, 1.807) is 6.07 Å². The molecule has 0 bridgehead atoms. The van der Waals surface area contributed by atoms with Gasteiger partial charge in [0.2, 0.25) is 0 Å². The molecule has 6 N–H and O–H groups in total. The molecule has 1 aromatic carbocycles. The number of carbonyl (C=O) groups excluding carboxylic acids is 2. The van der Waals surface area contributed by atoms with Crippen LogP contribution in [-0.2, 0) is 6.54 Å². The highest BCUT2D eigenvalue weighted by atomic mass is 32.1. The van der Waals surface area contributed by atoms with E-state index in [0.29, 0.717) is 5.00 Å². The predicted molar refractivity (Wildman–Crippen MR) is 104 cm³/mol. The molecule has 3 amide bonds. The summed E-state index contributed by atoms with van der Waals surface area (Å²) >= 11 is 1.24. The minimum atomic E-state index is -0.964. The summed E-state index contributed by atoms with van der Waals surface area (Å²) in [6.07, 6.45) is 0.480. The minimum absolute atomic E-state index is 0.164. The van der Waals surface area contributed by atoms with E-state index in [4.69, 9.17) is 16.2 Å². The monoisotopic (exact) mass is 390 g/mol. The number of anilines is 1. The Kier molecular flexibility index (Phi) is 5.94. The zero-order valence-corrected chi connectivity index (χ0v) is 15.5. The van der Waals surface area contributed by atoms with Gasteiger partial charge in [0, 0.05) is 30.6 Å². The molecule has 0 spiro atoms. The van der Waals surface area contributed by atoms with Crippen molar-refractivity contribution in [3.05, 3.63) is 35.9 Å². The third-order valence-corrected chi connectivity index (χ3v) is 5.43. The van der Waals surface area contributed by atoms with Crippen LogP contribution in [0.4, 0.5) is 14.6 Å². The van der Waals surface area contributed by atoms with Crippen molar-refractivity contribution in [3.8, 4) is 16.2 Å². The van der Waals surface area contributed by atoms with Gasteiger partial charge in [-0.1, -0.05) is 24.3 Å². The van der Waals surface area contributed by atoms with Gasteiger partial charge >= 0.3 is 12.1 Å². The van der Waals surface area contributed by atoms with Crippen LogP contribution in [0.25, 0.3) is 10.4 Å². The van der Waals surface area contributed by atoms with Crippen molar-refractivity contribution in [1.29, 1.82) is 0 Å². The molecule has 144 valence electrons. The van der Waals surface area contributed by atoms with Crippen molar-refractivity contribution in [2.75, 3.05) is 18.4 Å². The standard InChI is InChI=1S/C18H22N4O4S/c19-17(24)21-16-14(26-18(20)25)9-15(27-16)12-3-1-11(2-4-12)10-22-7-5-13(23)6-8-22/h1-4,9,13,23H,5-8,10H2,(H2,20,25)(H3,19,21,24). The van der Waals surface area contributed by atoms with E-state index < -0.39 is 12.1 Å². The molecule has 1 aliphatic rings. The first-order valence-corrected chi connectivity index (χ1v) is 9.39. The fraction of sp³-hybridized carbons (Fsp3) is 0.333. The molecule has 9 heteroatoms. The van der Waals surface area contributed by atoms with Gasteiger partial charge in [-0.3, -0.25) is 10.2 Å². The number of urea groups is 1. The van der Waals surface area contributed by atoms with Gasteiger partial charge in [0.15, 0.2) is 5.75 Å². The summed E-state index contributed by atoms with van der Waals surface area (Å²) in [6, 6.07) is 8.91. The number of hydrogen-bond donors (Lipinski definition) is 4. The number of amides is 3. The van der Waals surface area contributed by atoms with Crippen molar-refractivity contribution in [2.24, 2.45) is 11.5 Å². The second kappa shape index (κ2) is 8.38. The van der Waals surface area contributed by atoms with Crippen molar-refractivity contribution < 1.29 is 19.4 Å². The smallest absolute Gasteiger partial charge is 0.407 e. The number of carbonyl (C=O) groups is 2. The molecule has 0 aliphatic carbocycles. The molecule has 1 saturated heterocycles. The van der Waals surface area contributed by atoms with E-state index in [1.807, 2.05) is 24.3 Å². The van der Waals surface area contributed by atoms with Crippen LogP contribution in [0, 0.1) is 0 Å². The maximum absolute atomic E-state index is 11.1. The molecule has 8 nitrogen and oxygen atoms in total. The van der Waals surface area contributed by atoms with Gasteiger partial charge in [-0.25, -0.2) is 9.59 Å². The molecule has 1 fully saturated rings. The number of hydrogen-bond acceptors (Lipinski definition) is 6. The Balaban J connectivity index is 1.73. The van der Waals surface area contributed by atoms with Gasteiger partial charge in [0.25, 0.3) is 0 Å². The molecule has 0 radical (unpaired) electrons. The third kappa shape index (κ3) is 5.19. The van der Waals surface area contributed by atoms with E-state index in [1.165, 1.54) is 16.9 Å². The number of rotatable bonds is 5. The van der Waals surface area contributed by atoms with Crippen molar-refractivity contribution in [1.82, 2.24) is 4.90 Å². The predicted octanol–water partition coefficient (Wildman–Crippen LogP) is 2.32. The molecule has 2 aromatic rings. The number of benzene rings is 1. The maximum atomic E-state index is 11.1. The van der Waals surface area contributed by atoms with Gasteiger partial charge in [-0.05, 0) is 24.0 Å². The largest absolute Gasteiger partial charge is 0.410 e. The number of aliphatic hydroxyl groups excluding tert-OH is 1. The van der Waals surface area contributed by atoms with Crippen LogP contribution in [0.1, 0.15) is 18.4 Å². The molecule has 0 unspecified atom stereocenters. The van der Waals surface area contributed by atoms with E-state index in [-0.39, 0.29) is 11.9 Å². The molecular formula is C18H22N4O4S. The summed E-state index contributed by atoms with van der Waals surface area (Å²) in [5.41, 5.74) is 12.3. The average molecular weight is 390 g/mol.